The molecule has 0 unspecified atom stereocenters. The predicted octanol–water partition coefficient (Wildman–Crippen LogP) is 6.10. The van der Waals surface area contributed by atoms with E-state index in [-0.39, 0.29) is 0 Å². The summed E-state index contributed by atoms with van der Waals surface area (Å²) in [5.74, 6) is 1.26. The van der Waals surface area contributed by atoms with E-state index < -0.39 is 0 Å². The van der Waals surface area contributed by atoms with Crippen LogP contribution in [0.1, 0.15) is 33.3 Å². The maximum atomic E-state index is 5.85. The third-order valence-corrected chi connectivity index (χ3v) is 2.90. The molecule has 0 bridgehead atoms. The maximum Gasteiger partial charge on any atom is 0.124 e. The first-order valence-electron chi connectivity index (χ1n) is 8.09. The number of aliphatic imine (C=N–C) groups is 1. The summed E-state index contributed by atoms with van der Waals surface area (Å²) < 4.78 is 5.10. The predicted molar refractivity (Wildman–Crippen MR) is 107 cm³/mol. The van der Waals surface area contributed by atoms with Crippen molar-refractivity contribution >= 4 is 29.2 Å². The number of methoxy groups -OCH3 is 1. The molecule has 0 saturated carbocycles. The second-order valence-corrected chi connectivity index (χ2v) is 4.56. The molecule has 2 rings (SSSR count). The smallest absolute Gasteiger partial charge is 0.124 e. The summed E-state index contributed by atoms with van der Waals surface area (Å²) >= 11 is 5.81. The van der Waals surface area contributed by atoms with Crippen molar-refractivity contribution in [1.82, 2.24) is 0 Å². The van der Waals surface area contributed by atoms with Crippen molar-refractivity contribution in [3.63, 3.8) is 0 Å². The molecule has 0 aliphatic carbocycles. The average Bonchev–Trinajstić information content (AvgIpc) is 2.65. The third-order valence-electron chi connectivity index (χ3n) is 2.65. The van der Waals surface area contributed by atoms with Crippen LogP contribution in [0.4, 0.5) is 5.69 Å². The van der Waals surface area contributed by atoms with Crippen LogP contribution in [0, 0.1) is 0 Å². The van der Waals surface area contributed by atoms with Gasteiger partial charge in [-0.2, -0.15) is 0 Å². The van der Waals surface area contributed by atoms with Gasteiger partial charge in [0.2, 0.25) is 0 Å². The number of benzene rings is 2. The Kier molecular flexibility index (Phi) is 12.0. The minimum atomic E-state index is 0.433. The molecule has 3 nitrogen and oxygen atoms in total. The van der Waals surface area contributed by atoms with E-state index in [2.05, 4.69) is 4.99 Å². The monoisotopic (exact) mass is 346 g/mol. The molecule has 24 heavy (non-hydrogen) atoms. The molecule has 2 aromatic rings. The highest BCUT2D eigenvalue weighted by Gasteiger charge is 1.93. The zero-order valence-corrected chi connectivity index (χ0v) is 15.8. The minimum absolute atomic E-state index is 0.433. The van der Waals surface area contributed by atoms with Crippen molar-refractivity contribution in [2.45, 2.75) is 27.7 Å². The van der Waals surface area contributed by atoms with Gasteiger partial charge in [-0.15, -0.1) is 0 Å². The van der Waals surface area contributed by atoms with Crippen LogP contribution in [-0.2, 0) is 0 Å². The SMILES string of the molecule is CC.CC.COc1ccc(/C=C/C(N)=Nc2ccc(Cl)cc2)cc1. The van der Waals surface area contributed by atoms with Crippen LogP contribution in [0.5, 0.6) is 5.75 Å². The molecule has 0 atom stereocenters. The lowest BCUT2D eigenvalue weighted by atomic mass is 10.2. The van der Waals surface area contributed by atoms with Crippen molar-refractivity contribution in [2.75, 3.05) is 7.11 Å². The fourth-order valence-corrected chi connectivity index (χ4v) is 1.72. The Morgan fingerprint density at radius 1 is 0.958 bits per heavy atom. The van der Waals surface area contributed by atoms with E-state index in [1.165, 1.54) is 0 Å². The van der Waals surface area contributed by atoms with Crippen molar-refractivity contribution in [3.05, 3.63) is 65.2 Å². The fraction of sp³-hybridized carbons (Fsp3) is 0.250. The largest absolute Gasteiger partial charge is 0.497 e. The number of hydrogen-bond donors (Lipinski definition) is 1. The van der Waals surface area contributed by atoms with E-state index in [4.69, 9.17) is 22.1 Å². The van der Waals surface area contributed by atoms with Crippen molar-refractivity contribution in [3.8, 4) is 5.75 Å². The molecule has 0 aliphatic rings. The molecule has 0 aliphatic heterocycles. The van der Waals surface area contributed by atoms with Gasteiger partial charge in [0.1, 0.15) is 11.6 Å². The molecule has 2 aromatic carbocycles. The lowest BCUT2D eigenvalue weighted by Crippen LogP contribution is -2.06. The van der Waals surface area contributed by atoms with Gasteiger partial charge in [-0.3, -0.25) is 0 Å². The first kappa shape index (κ1) is 21.7. The van der Waals surface area contributed by atoms with Gasteiger partial charge < -0.3 is 10.5 Å². The molecular weight excluding hydrogens is 320 g/mol. The Hall–Kier alpha value is -2.26. The van der Waals surface area contributed by atoms with E-state index >= 15 is 0 Å². The van der Waals surface area contributed by atoms with Crippen LogP contribution < -0.4 is 10.5 Å². The lowest BCUT2D eigenvalue weighted by Gasteiger charge is -1.99. The molecule has 0 radical (unpaired) electrons. The second-order valence-electron chi connectivity index (χ2n) is 4.12. The summed E-state index contributed by atoms with van der Waals surface area (Å²) in [6, 6.07) is 14.9. The molecule has 0 fully saturated rings. The lowest BCUT2D eigenvalue weighted by molar-refractivity contribution is 0.415. The summed E-state index contributed by atoms with van der Waals surface area (Å²) in [5.41, 5.74) is 7.65. The van der Waals surface area contributed by atoms with Gasteiger partial charge in [0.15, 0.2) is 0 Å². The highest BCUT2D eigenvalue weighted by Crippen LogP contribution is 2.16. The molecule has 0 aromatic heterocycles. The quantitative estimate of drug-likeness (QED) is 0.536. The highest BCUT2D eigenvalue weighted by molar-refractivity contribution is 6.30. The highest BCUT2D eigenvalue weighted by atomic mass is 35.5. The molecule has 2 N–H and O–H groups in total. The van der Waals surface area contributed by atoms with Crippen LogP contribution in [0.2, 0.25) is 5.02 Å². The first-order chi connectivity index (χ1) is 11.7. The average molecular weight is 347 g/mol. The van der Waals surface area contributed by atoms with E-state index in [1.807, 2.05) is 70.2 Å². The van der Waals surface area contributed by atoms with Crippen molar-refractivity contribution in [2.24, 2.45) is 10.7 Å². The molecule has 130 valence electrons. The number of amidine groups is 1. The summed E-state index contributed by atoms with van der Waals surface area (Å²) in [7, 11) is 1.64. The van der Waals surface area contributed by atoms with Gasteiger partial charge in [0.25, 0.3) is 0 Å². The van der Waals surface area contributed by atoms with E-state index in [0.717, 1.165) is 17.0 Å². The standard InChI is InChI=1S/C16H15ClN2O.2C2H6/c1-20-15-9-2-12(3-10-15)4-11-16(18)19-14-7-5-13(17)6-8-14;2*1-2/h2-11H,1H3,(H2,18,19);2*1-2H3/b11-4+;;. The minimum Gasteiger partial charge on any atom is -0.497 e. The van der Waals surface area contributed by atoms with Crippen LogP contribution >= 0.6 is 11.6 Å². The zero-order chi connectivity index (χ0) is 18.4. The van der Waals surface area contributed by atoms with Crippen LogP contribution in [0.15, 0.2) is 59.6 Å². The fourth-order valence-electron chi connectivity index (χ4n) is 1.60. The van der Waals surface area contributed by atoms with Crippen LogP contribution in [0.3, 0.4) is 0 Å². The molecule has 0 saturated heterocycles. The Bertz CT molecular complexity index is 617. The summed E-state index contributed by atoms with van der Waals surface area (Å²) in [4.78, 5) is 4.27. The van der Waals surface area contributed by atoms with Gasteiger partial charge in [0.05, 0.1) is 12.8 Å². The maximum absolute atomic E-state index is 5.85. The topological polar surface area (TPSA) is 47.6 Å². The van der Waals surface area contributed by atoms with Gasteiger partial charge in [-0.25, -0.2) is 4.99 Å². The number of halogens is 1. The summed E-state index contributed by atoms with van der Waals surface area (Å²) in [6.07, 6.45) is 3.66. The first-order valence-corrected chi connectivity index (χ1v) is 8.47. The Morgan fingerprint density at radius 3 is 2.00 bits per heavy atom. The van der Waals surface area contributed by atoms with Crippen LogP contribution in [0.25, 0.3) is 6.08 Å². The number of hydrogen-bond acceptors (Lipinski definition) is 2. The van der Waals surface area contributed by atoms with Crippen molar-refractivity contribution in [1.29, 1.82) is 0 Å². The van der Waals surface area contributed by atoms with E-state index in [1.54, 1.807) is 25.3 Å². The number of nitrogens with two attached hydrogens (primary N) is 1. The zero-order valence-electron chi connectivity index (χ0n) is 15.1. The Balaban J connectivity index is 0.00000123. The normalized spacial score (nSPS) is 10.3. The molecule has 4 heteroatoms. The van der Waals surface area contributed by atoms with Gasteiger partial charge in [-0.05, 0) is 48.0 Å². The van der Waals surface area contributed by atoms with Gasteiger partial charge in [-0.1, -0.05) is 57.5 Å². The Labute approximate surface area is 150 Å². The summed E-state index contributed by atoms with van der Waals surface area (Å²) in [5, 5.41) is 0.677. The number of ether oxygens (including phenoxy) is 1. The van der Waals surface area contributed by atoms with Crippen LogP contribution in [-0.4, -0.2) is 12.9 Å². The van der Waals surface area contributed by atoms with Gasteiger partial charge >= 0.3 is 0 Å². The molecule has 0 heterocycles. The molecular formula is C20H27ClN2O. The number of rotatable bonds is 4. The third kappa shape index (κ3) is 8.39. The number of nitrogens with zero attached hydrogens (tertiary/aromatic N) is 1. The van der Waals surface area contributed by atoms with E-state index in [0.29, 0.717) is 10.9 Å². The molecule has 0 amide bonds. The second kappa shape index (κ2) is 13.2. The van der Waals surface area contributed by atoms with E-state index in [9.17, 15) is 0 Å². The Morgan fingerprint density at radius 2 is 1.50 bits per heavy atom. The van der Waals surface area contributed by atoms with Gasteiger partial charge in [0, 0.05) is 5.02 Å². The van der Waals surface area contributed by atoms with Crippen molar-refractivity contribution < 1.29 is 4.74 Å². The molecule has 0 spiro atoms. The summed E-state index contributed by atoms with van der Waals surface area (Å²) in [6.45, 7) is 8.00.